The van der Waals surface area contributed by atoms with Crippen molar-refractivity contribution in [3.8, 4) is 17.2 Å². The first-order valence-corrected chi connectivity index (χ1v) is 8.97. The summed E-state index contributed by atoms with van der Waals surface area (Å²) in [6.07, 6.45) is 7.18. The van der Waals surface area contributed by atoms with Gasteiger partial charge in [0.25, 0.3) is 0 Å². The third kappa shape index (κ3) is 4.43. The van der Waals surface area contributed by atoms with E-state index < -0.39 is 5.60 Å². The molecule has 0 bridgehead atoms. The highest BCUT2D eigenvalue weighted by molar-refractivity contribution is 6.09. The molecule has 146 valence electrons. The van der Waals surface area contributed by atoms with E-state index in [9.17, 15) is 4.79 Å². The molecule has 0 amide bonds. The third-order valence-electron chi connectivity index (χ3n) is 4.29. The van der Waals surface area contributed by atoms with Gasteiger partial charge in [-0.3, -0.25) is 4.79 Å². The molecule has 0 atom stereocenters. The Morgan fingerprint density at radius 1 is 1.18 bits per heavy atom. The molecule has 28 heavy (non-hydrogen) atoms. The zero-order valence-electron chi connectivity index (χ0n) is 16.5. The number of rotatable bonds is 7. The van der Waals surface area contributed by atoms with E-state index in [0.29, 0.717) is 22.8 Å². The summed E-state index contributed by atoms with van der Waals surface area (Å²) in [6.45, 7) is 4.06. The summed E-state index contributed by atoms with van der Waals surface area (Å²) in [6, 6.07) is 11.0. The van der Waals surface area contributed by atoms with Gasteiger partial charge in [0.15, 0.2) is 12.6 Å². The first-order valence-electron chi connectivity index (χ1n) is 8.97. The normalized spacial score (nSPS) is 14.4. The van der Waals surface area contributed by atoms with Crippen LogP contribution in [0.3, 0.4) is 0 Å². The highest BCUT2D eigenvalue weighted by Crippen LogP contribution is 2.39. The molecular formula is C23H24O5. The van der Waals surface area contributed by atoms with E-state index in [4.69, 9.17) is 18.9 Å². The molecule has 0 spiro atoms. The summed E-state index contributed by atoms with van der Waals surface area (Å²) in [7, 11) is 3.17. The van der Waals surface area contributed by atoms with Crippen molar-refractivity contribution in [2.24, 2.45) is 0 Å². The lowest BCUT2D eigenvalue weighted by Crippen LogP contribution is -2.28. The number of benzene rings is 2. The van der Waals surface area contributed by atoms with Crippen molar-refractivity contribution >= 4 is 17.9 Å². The molecule has 0 unspecified atom stereocenters. The summed E-state index contributed by atoms with van der Waals surface area (Å²) in [5, 5.41) is 0. The van der Waals surface area contributed by atoms with Gasteiger partial charge in [-0.05, 0) is 61.9 Å². The summed E-state index contributed by atoms with van der Waals surface area (Å²) < 4.78 is 21.8. The summed E-state index contributed by atoms with van der Waals surface area (Å²) in [4.78, 5) is 12.9. The second-order valence-corrected chi connectivity index (χ2v) is 6.92. The van der Waals surface area contributed by atoms with Crippen molar-refractivity contribution in [2.75, 3.05) is 21.0 Å². The van der Waals surface area contributed by atoms with Crippen LogP contribution in [-0.4, -0.2) is 32.4 Å². The lowest BCUT2D eigenvalue weighted by atomic mass is 9.97. The van der Waals surface area contributed by atoms with Gasteiger partial charge in [0.1, 0.15) is 22.8 Å². The molecule has 0 fully saturated rings. The standard InChI is InChI=1S/C23H24O5/c1-23(2)13-12-19-21(26-4)11-9-18(22(19)28-23)20(24)10-8-16-6-5-7-17(14-16)27-15-25-3/h5-14H,15H2,1-4H3/b10-8+. The largest absolute Gasteiger partial charge is 0.496 e. The van der Waals surface area contributed by atoms with Crippen molar-refractivity contribution in [1.29, 1.82) is 0 Å². The van der Waals surface area contributed by atoms with Crippen LogP contribution in [0.25, 0.3) is 12.2 Å². The molecule has 0 aliphatic carbocycles. The third-order valence-corrected chi connectivity index (χ3v) is 4.29. The second kappa shape index (κ2) is 8.31. The molecule has 5 heteroatoms. The molecule has 1 heterocycles. The number of hydrogen-bond acceptors (Lipinski definition) is 5. The van der Waals surface area contributed by atoms with Gasteiger partial charge in [0.2, 0.25) is 0 Å². The minimum atomic E-state index is -0.495. The number of hydrogen-bond donors (Lipinski definition) is 0. The first kappa shape index (κ1) is 19.7. The summed E-state index contributed by atoms with van der Waals surface area (Å²) in [5.74, 6) is 1.74. The Balaban J connectivity index is 1.88. The summed E-state index contributed by atoms with van der Waals surface area (Å²) >= 11 is 0. The van der Waals surface area contributed by atoms with Crippen LogP contribution in [0.15, 0.2) is 48.6 Å². The topological polar surface area (TPSA) is 54.0 Å². The lowest BCUT2D eigenvalue weighted by Gasteiger charge is -2.29. The van der Waals surface area contributed by atoms with Crippen LogP contribution in [-0.2, 0) is 4.74 Å². The van der Waals surface area contributed by atoms with Gasteiger partial charge in [-0.15, -0.1) is 0 Å². The molecular weight excluding hydrogens is 356 g/mol. The average Bonchev–Trinajstić information content (AvgIpc) is 2.69. The Kier molecular flexibility index (Phi) is 5.85. The minimum Gasteiger partial charge on any atom is -0.496 e. The van der Waals surface area contributed by atoms with Gasteiger partial charge in [-0.1, -0.05) is 18.2 Å². The van der Waals surface area contributed by atoms with E-state index in [0.717, 1.165) is 11.1 Å². The fraction of sp³-hybridized carbons (Fsp3) is 0.261. The quantitative estimate of drug-likeness (QED) is 0.394. The van der Waals surface area contributed by atoms with Gasteiger partial charge in [-0.2, -0.15) is 0 Å². The van der Waals surface area contributed by atoms with Crippen LogP contribution in [0, 0.1) is 0 Å². The second-order valence-electron chi connectivity index (χ2n) is 6.92. The van der Waals surface area contributed by atoms with Crippen molar-refractivity contribution in [3.05, 3.63) is 65.2 Å². The van der Waals surface area contributed by atoms with Crippen LogP contribution >= 0.6 is 0 Å². The van der Waals surface area contributed by atoms with E-state index in [-0.39, 0.29) is 12.6 Å². The Labute approximate surface area is 165 Å². The molecule has 0 N–H and O–H groups in total. The monoisotopic (exact) mass is 380 g/mol. The van der Waals surface area contributed by atoms with Crippen LogP contribution < -0.4 is 14.2 Å². The zero-order valence-corrected chi connectivity index (χ0v) is 16.5. The molecule has 0 saturated carbocycles. The maximum absolute atomic E-state index is 12.9. The highest BCUT2D eigenvalue weighted by Gasteiger charge is 2.27. The van der Waals surface area contributed by atoms with E-state index >= 15 is 0 Å². The van der Waals surface area contributed by atoms with Gasteiger partial charge < -0.3 is 18.9 Å². The van der Waals surface area contributed by atoms with Gasteiger partial charge >= 0.3 is 0 Å². The number of fused-ring (bicyclic) bond motifs is 1. The molecule has 2 aromatic rings. The van der Waals surface area contributed by atoms with Crippen LogP contribution in [0.1, 0.15) is 35.3 Å². The number of carbonyl (C=O) groups excluding carboxylic acids is 1. The molecule has 3 rings (SSSR count). The number of carbonyl (C=O) groups is 1. The SMILES string of the molecule is COCOc1cccc(/C=C/C(=O)c2ccc(OC)c3c2OC(C)(C)C=C3)c1. The number of ketones is 1. The Bertz CT molecular complexity index is 925. The molecule has 1 aliphatic rings. The Hall–Kier alpha value is -3.05. The smallest absolute Gasteiger partial charge is 0.189 e. The van der Waals surface area contributed by atoms with Gasteiger partial charge in [0.05, 0.1) is 18.2 Å². The van der Waals surface area contributed by atoms with Crippen molar-refractivity contribution in [1.82, 2.24) is 0 Å². The zero-order chi connectivity index (χ0) is 20.1. The Morgan fingerprint density at radius 3 is 2.75 bits per heavy atom. The Morgan fingerprint density at radius 2 is 2.00 bits per heavy atom. The number of methoxy groups -OCH3 is 2. The van der Waals surface area contributed by atoms with E-state index in [1.54, 1.807) is 32.4 Å². The summed E-state index contributed by atoms with van der Waals surface area (Å²) in [5.41, 5.74) is 1.63. The number of allylic oxidation sites excluding steroid dienone is 1. The van der Waals surface area contributed by atoms with Crippen molar-refractivity contribution < 1.29 is 23.7 Å². The maximum Gasteiger partial charge on any atom is 0.189 e. The van der Waals surface area contributed by atoms with Crippen molar-refractivity contribution in [2.45, 2.75) is 19.4 Å². The molecule has 0 aromatic heterocycles. The van der Waals surface area contributed by atoms with Gasteiger partial charge in [-0.25, -0.2) is 0 Å². The van der Waals surface area contributed by atoms with Crippen molar-refractivity contribution in [3.63, 3.8) is 0 Å². The van der Waals surface area contributed by atoms with E-state index in [2.05, 4.69) is 0 Å². The van der Waals surface area contributed by atoms with Crippen LogP contribution in [0.5, 0.6) is 17.2 Å². The molecule has 0 saturated heterocycles. The lowest BCUT2D eigenvalue weighted by molar-refractivity contribution is 0.0511. The molecule has 2 aromatic carbocycles. The molecule has 0 radical (unpaired) electrons. The van der Waals surface area contributed by atoms with E-state index in [1.807, 2.05) is 50.3 Å². The van der Waals surface area contributed by atoms with Crippen LogP contribution in [0.4, 0.5) is 0 Å². The fourth-order valence-electron chi connectivity index (χ4n) is 2.90. The van der Waals surface area contributed by atoms with Gasteiger partial charge in [0, 0.05) is 7.11 Å². The van der Waals surface area contributed by atoms with E-state index in [1.165, 1.54) is 6.08 Å². The first-order chi connectivity index (χ1) is 13.4. The maximum atomic E-state index is 12.9. The van der Waals surface area contributed by atoms with Crippen LogP contribution in [0.2, 0.25) is 0 Å². The average molecular weight is 380 g/mol. The molecule has 1 aliphatic heterocycles. The predicted octanol–water partition coefficient (Wildman–Crippen LogP) is 4.76. The number of ether oxygens (including phenoxy) is 4. The predicted molar refractivity (Wildman–Crippen MR) is 109 cm³/mol. The fourth-order valence-corrected chi connectivity index (χ4v) is 2.90. The highest BCUT2D eigenvalue weighted by atomic mass is 16.7. The minimum absolute atomic E-state index is 0.145. The molecule has 5 nitrogen and oxygen atoms in total.